The fraction of sp³-hybridized carbons (Fsp3) is 0.500. The van der Waals surface area contributed by atoms with Gasteiger partial charge in [0.25, 0.3) is 0 Å². The predicted molar refractivity (Wildman–Crippen MR) is 130 cm³/mol. The van der Waals surface area contributed by atoms with Crippen LogP contribution in [0.15, 0.2) is 54.6 Å². The van der Waals surface area contributed by atoms with Gasteiger partial charge in [-0.05, 0) is 67.1 Å². The average Bonchev–Trinajstić information content (AvgIpc) is 3.68. The second-order valence-corrected chi connectivity index (χ2v) is 9.57. The van der Waals surface area contributed by atoms with Crippen LogP contribution >= 0.6 is 0 Å². The first-order valence-corrected chi connectivity index (χ1v) is 12.4. The van der Waals surface area contributed by atoms with Crippen molar-refractivity contribution in [3.05, 3.63) is 71.3 Å². The Kier molecular flexibility index (Phi) is 8.53. The van der Waals surface area contributed by atoms with Gasteiger partial charge in [0, 0.05) is 26.1 Å². The summed E-state index contributed by atoms with van der Waals surface area (Å²) in [6.07, 6.45) is 7.01. The highest BCUT2D eigenvalue weighted by Gasteiger charge is 2.23. The van der Waals surface area contributed by atoms with Gasteiger partial charge in [-0.2, -0.15) is 0 Å². The molecule has 2 aromatic carbocycles. The standard InChI is InChI=1S/C28H36N2O3/c31-27(29-19-25-10-11-25)13-12-22-6-8-23(9-7-22)18-24-14-16-30(17-15-24)28(32)21-33-20-26-4-2-1-3-5-26/h1-9,24-25H,10-21H2,(H,29,31). The van der Waals surface area contributed by atoms with Crippen LogP contribution in [0.3, 0.4) is 0 Å². The number of amides is 2. The molecule has 2 amide bonds. The predicted octanol–water partition coefficient (Wildman–Crippen LogP) is 4.14. The third-order valence-electron chi connectivity index (χ3n) is 6.78. The summed E-state index contributed by atoms with van der Waals surface area (Å²) >= 11 is 0. The third kappa shape index (κ3) is 8.01. The van der Waals surface area contributed by atoms with Crippen LogP contribution in [0.1, 0.15) is 48.8 Å². The molecule has 0 unspecified atom stereocenters. The highest BCUT2D eigenvalue weighted by molar-refractivity contribution is 5.77. The van der Waals surface area contributed by atoms with Gasteiger partial charge in [0.2, 0.25) is 11.8 Å². The molecule has 2 aliphatic rings. The maximum absolute atomic E-state index is 12.4. The van der Waals surface area contributed by atoms with E-state index in [-0.39, 0.29) is 18.4 Å². The number of hydrogen-bond acceptors (Lipinski definition) is 3. The van der Waals surface area contributed by atoms with Gasteiger partial charge in [-0.15, -0.1) is 0 Å². The molecule has 5 nitrogen and oxygen atoms in total. The van der Waals surface area contributed by atoms with Crippen LogP contribution < -0.4 is 5.32 Å². The van der Waals surface area contributed by atoms with Gasteiger partial charge in [-0.3, -0.25) is 9.59 Å². The summed E-state index contributed by atoms with van der Waals surface area (Å²) in [5.74, 6) is 1.59. The number of carbonyl (C=O) groups excluding carboxylic acids is 2. The number of hydrogen-bond donors (Lipinski definition) is 1. The summed E-state index contributed by atoms with van der Waals surface area (Å²) < 4.78 is 5.61. The normalized spacial score (nSPS) is 16.5. The van der Waals surface area contributed by atoms with Crippen LogP contribution in [0.25, 0.3) is 0 Å². The minimum Gasteiger partial charge on any atom is -0.367 e. The molecule has 33 heavy (non-hydrogen) atoms. The minimum absolute atomic E-state index is 0.0925. The molecule has 176 valence electrons. The number of piperidine rings is 1. The summed E-state index contributed by atoms with van der Waals surface area (Å²) in [6, 6.07) is 18.7. The van der Waals surface area contributed by atoms with Crippen molar-refractivity contribution in [1.29, 1.82) is 0 Å². The molecule has 5 heteroatoms. The Labute approximate surface area is 197 Å². The Hall–Kier alpha value is -2.66. The first-order chi connectivity index (χ1) is 16.2. The Morgan fingerprint density at radius 3 is 2.24 bits per heavy atom. The quantitative estimate of drug-likeness (QED) is 0.562. The Morgan fingerprint density at radius 2 is 1.55 bits per heavy atom. The summed E-state index contributed by atoms with van der Waals surface area (Å²) in [4.78, 5) is 26.3. The van der Waals surface area contributed by atoms with Crippen molar-refractivity contribution in [2.75, 3.05) is 26.2 Å². The van der Waals surface area contributed by atoms with E-state index in [1.165, 1.54) is 24.0 Å². The van der Waals surface area contributed by atoms with Crippen LogP contribution in [0.5, 0.6) is 0 Å². The molecule has 0 spiro atoms. The Bertz CT molecular complexity index is 885. The Morgan fingerprint density at radius 1 is 0.848 bits per heavy atom. The van der Waals surface area contributed by atoms with Crippen molar-refractivity contribution in [3.63, 3.8) is 0 Å². The highest BCUT2D eigenvalue weighted by atomic mass is 16.5. The van der Waals surface area contributed by atoms with Gasteiger partial charge in [-0.1, -0.05) is 54.6 Å². The van der Waals surface area contributed by atoms with Crippen LogP contribution in [-0.2, 0) is 33.8 Å². The number of nitrogens with one attached hydrogen (secondary N) is 1. The lowest BCUT2D eigenvalue weighted by Crippen LogP contribution is -2.40. The lowest BCUT2D eigenvalue weighted by Gasteiger charge is -2.32. The number of nitrogens with zero attached hydrogens (tertiary/aromatic N) is 1. The third-order valence-corrected chi connectivity index (χ3v) is 6.78. The topological polar surface area (TPSA) is 58.6 Å². The van der Waals surface area contributed by atoms with E-state index < -0.39 is 0 Å². The van der Waals surface area contributed by atoms with E-state index in [0.29, 0.717) is 18.9 Å². The van der Waals surface area contributed by atoms with Gasteiger partial charge in [0.05, 0.1) is 6.61 Å². The lowest BCUT2D eigenvalue weighted by molar-refractivity contribution is -0.138. The van der Waals surface area contributed by atoms with Crippen LogP contribution in [0, 0.1) is 11.8 Å². The number of carbonyl (C=O) groups is 2. The molecule has 0 aromatic heterocycles. The summed E-state index contributed by atoms with van der Waals surface area (Å²) in [5, 5.41) is 3.04. The van der Waals surface area contributed by atoms with E-state index in [1.54, 1.807) is 0 Å². The summed E-state index contributed by atoms with van der Waals surface area (Å²) in [7, 11) is 0. The van der Waals surface area contributed by atoms with Gasteiger partial charge in [0.1, 0.15) is 6.61 Å². The molecule has 1 aliphatic heterocycles. The molecule has 1 heterocycles. The van der Waals surface area contributed by atoms with Gasteiger partial charge >= 0.3 is 0 Å². The monoisotopic (exact) mass is 448 g/mol. The fourth-order valence-corrected chi connectivity index (χ4v) is 4.41. The second-order valence-electron chi connectivity index (χ2n) is 9.57. The van der Waals surface area contributed by atoms with Crippen molar-refractivity contribution < 1.29 is 14.3 Å². The maximum Gasteiger partial charge on any atom is 0.248 e. The lowest BCUT2D eigenvalue weighted by atomic mass is 9.89. The van der Waals surface area contributed by atoms with E-state index in [1.807, 2.05) is 35.2 Å². The molecular weight excluding hydrogens is 412 g/mol. The molecule has 2 aromatic rings. The maximum atomic E-state index is 12.4. The van der Waals surface area contributed by atoms with E-state index in [9.17, 15) is 9.59 Å². The minimum atomic E-state index is 0.0925. The van der Waals surface area contributed by atoms with E-state index in [2.05, 4.69) is 29.6 Å². The van der Waals surface area contributed by atoms with E-state index in [0.717, 1.165) is 56.8 Å². The van der Waals surface area contributed by atoms with E-state index >= 15 is 0 Å². The van der Waals surface area contributed by atoms with Crippen molar-refractivity contribution >= 4 is 11.8 Å². The molecule has 1 N–H and O–H groups in total. The second kappa shape index (κ2) is 12.0. The summed E-state index contributed by atoms with van der Waals surface area (Å²) in [6.45, 7) is 3.10. The molecule has 0 atom stereocenters. The molecule has 4 rings (SSSR count). The van der Waals surface area contributed by atoms with E-state index in [4.69, 9.17) is 4.74 Å². The average molecular weight is 449 g/mol. The smallest absolute Gasteiger partial charge is 0.248 e. The number of benzene rings is 2. The van der Waals surface area contributed by atoms with Gasteiger partial charge in [-0.25, -0.2) is 0 Å². The van der Waals surface area contributed by atoms with Crippen molar-refractivity contribution in [2.24, 2.45) is 11.8 Å². The van der Waals surface area contributed by atoms with Gasteiger partial charge in [0.15, 0.2) is 0 Å². The summed E-state index contributed by atoms with van der Waals surface area (Å²) in [5.41, 5.74) is 3.65. The zero-order valence-corrected chi connectivity index (χ0v) is 19.5. The first-order valence-electron chi connectivity index (χ1n) is 12.4. The molecular formula is C28H36N2O3. The first kappa shape index (κ1) is 23.5. The van der Waals surface area contributed by atoms with Crippen molar-refractivity contribution in [2.45, 2.75) is 51.6 Å². The zero-order chi connectivity index (χ0) is 22.9. The number of likely N-dealkylation sites (tertiary alicyclic amines) is 1. The zero-order valence-electron chi connectivity index (χ0n) is 19.5. The molecule has 2 fully saturated rings. The SMILES string of the molecule is O=C(CCc1ccc(CC2CCN(C(=O)COCc3ccccc3)CC2)cc1)NCC1CC1. The van der Waals surface area contributed by atoms with Crippen LogP contribution in [0.4, 0.5) is 0 Å². The largest absolute Gasteiger partial charge is 0.367 e. The highest BCUT2D eigenvalue weighted by Crippen LogP contribution is 2.27. The van der Waals surface area contributed by atoms with Gasteiger partial charge < -0.3 is 15.0 Å². The molecule has 1 saturated carbocycles. The molecule has 1 aliphatic carbocycles. The fourth-order valence-electron chi connectivity index (χ4n) is 4.41. The number of ether oxygens (including phenoxy) is 1. The van der Waals surface area contributed by atoms with Crippen molar-refractivity contribution in [1.82, 2.24) is 10.2 Å². The Balaban J connectivity index is 1.11. The van der Waals surface area contributed by atoms with Crippen molar-refractivity contribution in [3.8, 4) is 0 Å². The molecule has 0 bridgehead atoms. The van der Waals surface area contributed by atoms with Crippen LogP contribution in [-0.4, -0.2) is 43.0 Å². The molecule has 1 saturated heterocycles. The molecule has 0 radical (unpaired) electrons. The number of rotatable bonds is 11. The van der Waals surface area contributed by atoms with Crippen LogP contribution in [0.2, 0.25) is 0 Å². The number of aryl methyl sites for hydroxylation is 1.